The van der Waals surface area contributed by atoms with E-state index in [-0.39, 0.29) is 5.92 Å². The second kappa shape index (κ2) is 7.25. The van der Waals surface area contributed by atoms with E-state index < -0.39 is 11.7 Å². The molecule has 0 saturated carbocycles. The van der Waals surface area contributed by atoms with Crippen molar-refractivity contribution in [1.29, 1.82) is 0 Å². The van der Waals surface area contributed by atoms with Crippen molar-refractivity contribution in [2.45, 2.75) is 52.6 Å². The summed E-state index contributed by atoms with van der Waals surface area (Å²) in [6.07, 6.45) is 2.92. The molecular formula is C12H23NO3. The van der Waals surface area contributed by atoms with E-state index in [2.05, 4.69) is 12.2 Å². The van der Waals surface area contributed by atoms with E-state index in [4.69, 9.17) is 4.74 Å². The smallest absolute Gasteiger partial charge is 0.407 e. The van der Waals surface area contributed by atoms with Crippen molar-refractivity contribution in [2.75, 3.05) is 6.54 Å². The summed E-state index contributed by atoms with van der Waals surface area (Å²) in [6.45, 7) is 8.03. The SMILES string of the molecule is CCCC(CC=O)CNC(=O)OC(C)(C)C. The van der Waals surface area contributed by atoms with Crippen LogP contribution in [-0.2, 0) is 9.53 Å². The first-order chi connectivity index (χ1) is 7.39. The van der Waals surface area contributed by atoms with Gasteiger partial charge in [0.25, 0.3) is 0 Å². The maximum Gasteiger partial charge on any atom is 0.407 e. The minimum Gasteiger partial charge on any atom is -0.444 e. The van der Waals surface area contributed by atoms with E-state index in [1.54, 1.807) is 0 Å². The van der Waals surface area contributed by atoms with Crippen LogP contribution in [0, 0.1) is 5.92 Å². The molecule has 0 fully saturated rings. The Bertz CT molecular complexity index is 221. The highest BCUT2D eigenvalue weighted by atomic mass is 16.6. The molecule has 0 radical (unpaired) electrons. The van der Waals surface area contributed by atoms with Gasteiger partial charge < -0.3 is 14.8 Å². The molecule has 0 saturated heterocycles. The van der Waals surface area contributed by atoms with Crippen molar-refractivity contribution >= 4 is 12.4 Å². The Hall–Kier alpha value is -1.06. The molecule has 4 heteroatoms. The number of nitrogens with one attached hydrogen (secondary N) is 1. The molecule has 0 aromatic carbocycles. The van der Waals surface area contributed by atoms with Gasteiger partial charge in [-0.25, -0.2) is 4.79 Å². The molecule has 0 aromatic rings. The Morgan fingerprint density at radius 3 is 2.50 bits per heavy atom. The van der Waals surface area contributed by atoms with Gasteiger partial charge in [0, 0.05) is 13.0 Å². The molecule has 1 unspecified atom stereocenters. The van der Waals surface area contributed by atoms with Gasteiger partial charge in [-0.2, -0.15) is 0 Å². The number of ether oxygens (including phenoxy) is 1. The highest BCUT2D eigenvalue weighted by Crippen LogP contribution is 2.10. The van der Waals surface area contributed by atoms with E-state index in [1.807, 2.05) is 20.8 Å². The summed E-state index contributed by atoms with van der Waals surface area (Å²) in [5.74, 6) is 0.218. The molecule has 0 aliphatic heterocycles. The van der Waals surface area contributed by atoms with Crippen molar-refractivity contribution in [3.8, 4) is 0 Å². The molecule has 0 spiro atoms. The number of carbonyl (C=O) groups excluding carboxylic acids is 2. The Morgan fingerprint density at radius 2 is 2.06 bits per heavy atom. The van der Waals surface area contributed by atoms with E-state index in [0.29, 0.717) is 13.0 Å². The third kappa shape index (κ3) is 8.26. The van der Waals surface area contributed by atoms with E-state index >= 15 is 0 Å². The minimum atomic E-state index is -0.477. The van der Waals surface area contributed by atoms with Gasteiger partial charge in [0.15, 0.2) is 0 Å². The molecule has 4 nitrogen and oxygen atoms in total. The summed E-state index contributed by atoms with van der Waals surface area (Å²) in [7, 11) is 0. The Morgan fingerprint density at radius 1 is 1.44 bits per heavy atom. The first-order valence-electron chi connectivity index (χ1n) is 5.79. The number of hydrogen-bond acceptors (Lipinski definition) is 3. The van der Waals surface area contributed by atoms with Crippen LogP contribution in [0.2, 0.25) is 0 Å². The van der Waals surface area contributed by atoms with Crippen LogP contribution in [-0.4, -0.2) is 24.5 Å². The van der Waals surface area contributed by atoms with Crippen molar-refractivity contribution in [1.82, 2.24) is 5.32 Å². The van der Waals surface area contributed by atoms with Gasteiger partial charge in [-0.1, -0.05) is 13.3 Å². The first-order valence-corrected chi connectivity index (χ1v) is 5.79. The van der Waals surface area contributed by atoms with Gasteiger partial charge >= 0.3 is 6.09 Å². The van der Waals surface area contributed by atoms with Crippen LogP contribution in [0.25, 0.3) is 0 Å². The molecule has 16 heavy (non-hydrogen) atoms. The molecule has 0 heterocycles. The minimum absolute atomic E-state index is 0.218. The number of hydrogen-bond donors (Lipinski definition) is 1. The van der Waals surface area contributed by atoms with Crippen LogP contribution in [0.4, 0.5) is 4.79 Å². The van der Waals surface area contributed by atoms with Gasteiger partial charge in [0.2, 0.25) is 0 Å². The van der Waals surface area contributed by atoms with Gasteiger partial charge in [-0.3, -0.25) is 0 Å². The molecule has 0 bridgehead atoms. The Balaban J connectivity index is 3.91. The van der Waals surface area contributed by atoms with Crippen LogP contribution in [0.1, 0.15) is 47.0 Å². The van der Waals surface area contributed by atoms with E-state index in [1.165, 1.54) is 0 Å². The molecule has 1 amide bonds. The number of amides is 1. The fourth-order valence-corrected chi connectivity index (χ4v) is 1.39. The van der Waals surface area contributed by atoms with Crippen molar-refractivity contribution in [3.05, 3.63) is 0 Å². The number of alkyl carbamates (subject to hydrolysis) is 1. The third-order valence-electron chi connectivity index (χ3n) is 2.06. The summed E-state index contributed by atoms with van der Waals surface area (Å²) in [4.78, 5) is 21.8. The number of rotatable bonds is 6. The Labute approximate surface area is 97.7 Å². The molecule has 1 atom stereocenters. The molecule has 0 aliphatic carbocycles. The van der Waals surface area contributed by atoms with E-state index in [9.17, 15) is 9.59 Å². The number of carbonyl (C=O) groups is 2. The lowest BCUT2D eigenvalue weighted by Gasteiger charge is -2.21. The predicted molar refractivity (Wildman–Crippen MR) is 63.3 cm³/mol. The monoisotopic (exact) mass is 229 g/mol. The van der Waals surface area contributed by atoms with Crippen molar-refractivity contribution in [2.24, 2.45) is 5.92 Å². The van der Waals surface area contributed by atoms with Crippen molar-refractivity contribution < 1.29 is 14.3 Å². The standard InChI is InChI=1S/C12H23NO3/c1-5-6-10(7-8-14)9-13-11(15)16-12(2,3)4/h8,10H,5-7,9H2,1-4H3,(H,13,15). The van der Waals surface area contributed by atoms with Crippen LogP contribution >= 0.6 is 0 Å². The van der Waals surface area contributed by atoms with Crippen LogP contribution in [0.3, 0.4) is 0 Å². The summed E-state index contributed by atoms with van der Waals surface area (Å²) in [6, 6.07) is 0. The maximum absolute atomic E-state index is 11.3. The zero-order valence-electron chi connectivity index (χ0n) is 10.7. The maximum atomic E-state index is 11.3. The third-order valence-corrected chi connectivity index (χ3v) is 2.06. The lowest BCUT2D eigenvalue weighted by molar-refractivity contribution is -0.108. The average molecular weight is 229 g/mol. The van der Waals surface area contributed by atoms with Crippen molar-refractivity contribution in [3.63, 3.8) is 0 Å². The largest absolute Gasteiger partial charge is 0.444 e. The van der Waals surface area contributed by atoms with Crippen LogP contribution < -0.4 is 5.32 Å². The van der Waals surface area contributed by atoms with Gasteiger partial charge in [-0.05, 0) is 33.1 Å². The van der Waals surface area contributed by atoms with Gasteiger partial charge in [0.05, 0.1) is 0 Å². The fourth-order valence-electron chi connectivity index (χ4n) is 1.39. The molecule has 0 aromatic heterocycles. The highest BCUT2D eigenvalue weighted by Gasteiger charge is 2.17. The lowest BCUT2D eigenvalue weighted by atomic mass is 10.0. The highest BCUT2D eigenvalue weighted by molar-refractivity contribution is 5.67. The van der Waals surface area contributed by atoms with E-state index in [0.717, 1.165) is 19.1 Å². The quantitative estimate of drug-likeness (QED) is 0.712. The zero-order chi connectivity index (χ0) is 12.6. The average Bonchev–Trinajstić information content (AvgIpc) is 2.12. The van der Waals surface area contributed by atoms with Gasteiger partial charge in [0.1, 0.15) is 11.9 Å². The molecule has 94 valence electrons. The van der Waals surface area contributed by atoms with Crippen LogP contribution in [0.5, 0.6) is 0 Å². The predicted octanol–water partition coefficient (Wildman–Crippen LogP) is 2.52. The number of aldehydes is 1. The molecule has 0 rings (SSSR count). The van der Waals surface area contributed by atoms with Crippen LogP contribution in [0.15, 0.2) is 0 Å². The summed E-state index contributed by atoms with van der Waals surface area (Å²) < 4.78 is 5.11. The zero-order valence-corrected chi connectivity index (χ0v) is 10.7. The second-order valence-electron chi connectivity index (χ2n) is 4.94. The molecule has 1 N–H and O–H groups in total. The lowest BCUT2D eigenvalue weighted by Crippen LogP contribution is -2.35. The topological polar surface area (TPSA) is 55.4 Å². The summed E-state index contributed by atoms with van der Waals surface area (Å²) in [5.41, 5.74) is -0.477. The summed E-state index contributed by atoms with van der Waals surface area (Å²) in [5, 5.41) is 2.69. The fraction of sp³-hybridized carbons (Fsp3) is 0.833. The first kappa shape index (κ1) is 14.9. The molecular weight excluding hydrogens is 206 g/mol. The molecule has 0 aliphatic rings. The Kier molecular flexibility index (Phi) is 6.77. The van der Waals surface area contributed by atoms with Gasteiger partial charge in [-0.15, -0.1) is 0 Å². The second-order valence-corrected chi connectivity index (χ2v) is 4.94. The normalized spacial score (nSPS) is 13.0. The summed E-state index contributed by atoms with van der Waals surface area (Å²) >= 11 is 0.